The van der Waals surface area contributed by atoms with Crippen molar-refractivity contribution in [2.24, 2.45) is 5.92 Å². The Balaban J connectivity index is 1.22. The maximum Gasteiger partial charge on any atom is 0.129 e. The number of nitrogens with zero attached hydrogens (tertiary/aromatic N) is 4. The maximum atomic E-state index is 6.42. The molecule has 0 bridgehead atoms. The molecule has 2 aromatic heterocycles. The third-order valence-corrected chi connectivity index (χ3v) is 5.87. The molecule has 6 heteroatoms. The molecule has 0 unspecified atom stereocenters. The molecular formula is C21H26N4O2. The van der Waals surface area contributed by atoms with Crippen LogP contribution in [-0.2, 0) is 13.1 Å². The van der Waals surface area contributed by atoms with Crippen LogP contribution < -0.4 is 4.74 Å². The number of fused-ring (bicyclic) bond motifs is 1. The topological polar surface area (TPSA) is 56.3 Å². The van der Waals surface area contributed by atoms with Crippen LogP contribution in [0.25, 0.3) is 10.9 Å². The van der Waals surface area contributed by atoms with Crippen molar-refractivity contribution in [3.8, 4) is 5.75 Å². The van der Waals surface area contributed by atoms with E-state index in [0.29, 0.717) is 0 Å². The molecule has 0 atom stereocenters. The van der Waals surface area contributed by atoms with Crippen LogP contribution in [0, 0.1) is 12.8 Å². The molecule has 0 N–H and O–H groups in total. The van der Waals surface area contributed by atoms with Crippen molar-refractivity contribution in [2.75, 3.05) is 13.1 Å². The molecule has 1 aromatic carbocycles. The lowest BCUT2D eigenvalue weighted by molar-refractivity contribution is 0.0965. The number of piperidine rings is 1. The molecule has 0 radical (unpaired) electrons. The number of aryl methyl sites for hydroxylation is 1. The van der Waals surface area contributed by atoms with Crippen LogP contribution in [-0.4, -0.2) is 39.0 Å². The molecule has 3 heterocycles. The van der Waals surface area contributed by atoms with Gasteiger partial charge in [0.1, 0.15) is 23.2 Å². The molecule has 1 saturated carbocycles. The number of aromatic nitrogens is 3. The third-order valence-electron chi connectivity index (χ3n) is 5.87. The average molecular weight is 366 g/mol. The van der Waals surface area contributed by atoms with Crippen molar-refractivity contribution in [1.82, 2.24) is 19.8 Å². The van der Waals surface area contributed by atoms with Gasteiger partial charge in [-0.3, -0.25) is 4.90 Å². The molecule has 1 saturated heterocycles. The molecule has 2 fully saturated rings. The predicted octanol–water partition coefficient (Wildman–Crippen LogP) is 3.79. The molecule has 2 aliphatic rings. The minimum Gasteiger partial charge on any atom is -0.490 e. The van der Waals surface area contributed by atoms with E-state index in [-0.39, 0.29) is 6.10 Å². The quantitative estimate of drug-likeness (QED) is 0.664. The van der Waals surface area contributed by atoms with Crippen molar-refractivity contribution >= 4 is 10.9 Å². The first-order valence-corrected chi connectivity index (χ1v) is 10.0. The Labute approximate surface area is 159 Å². The van der Waals surface area contributed by atoms with Gasteiger partial charge in [-0.2, -0.15) is 0 Å². The lowest BCUT2D eigenvalue weighted by atomic mass is 10.1. The van der Waals surface area contributed by atoms with Crippen LogP contribution in [0.2, 0.25) is 0 Å². The predicted molar refractivity (Wildman–Crippen MR) is 103 cm³/mol. The van der Waals surface area contributed by atoms with Crippen LogP contribution in [0.4, 0.5) is 0 Å². The summed E-state index contributed by atoms with van der Waals surface area (Å²) in [5.41, 5.74) is 3.12. The maximum absolute atomic E-state index is 6.42. The summed E-state index contributed by atoms with van der Waals surface area (Å²) in [7, 11) is 0. The Kier molecular flexibility index (Phi) is 4.36. The largest absolute Gasteiger partial charge is 0.490 e. The zero-order valence-electron chi connectivity index (χ0n) is 15.8. The fraction of sp³-hybridized carbons (Fsp3) is 0.524. The Hall–Kier alpha value is -2.34. The second-order valence-corrected chi connectivity index (χ2v) is 7.99. The second-order valence-electron chi connectivity index (χ2n) is 7.99. The number of benzene rings is 1. The first kappa shape index (κ1) is 16.8. The van der Waals surface area contributed by atoms with E-state index in [4.69, 9.17) is 9.37 Å². The summed E-state index contributed by atoms with van der Waals surface area (Å²) in [6.07, 6.45) is 7.30. The average Bonchev–Trinajstić information content (AvgIpc) is 3.27. The van der Waals surface area contributed by atoms with Crippen molar-refractivity contribution in [2.45, 2.75) is 51.8 Å². The van der Waals surface area contributed by atoms with Gasteiger partial charge in [0, 0.05) is 37.8 Å². The summed E-state index contributed by atoms with van der Waals surface area (Å²) in [5.74, 6) is 1.90. The fourth-order valence-electron chi connectivity index (χ4n) is 4.01. The van der Waals surface area contributed by atoms with E-state index >= 15 is 0 Å². The molecule has 0 spiro atoms. The van der Waals surface area contributed by atoms with Crippen LogP contribution in [0.3, 0.4) is 0 Å². The van der Waals surface area contributed by atoms with Gasteiger partial charge in [-0.05, 0) is 56.7 Å². The van der Waals surface area contributed by atoms with Gasteiger partial charge in [-0.25, -0.2) is 4.63 Å². The van der Waals surface area contributed by atoms with E-state index in [1.807, 2.05) is 6.92 Å². The minimum absolute atomic E-state index is 0.273. The van der Waals surface area contributed by atoms with Gasteiger partial charge in [0.05, 0.1) is 5.52 Å². The monoisotopic (exact) mass is 366 g/mol. The highest BCUT2D eigenvalue weighted by Crippen LogP contribution is 2.34. The number of hydrogen-bond acceptors (Lipinski definition) is 5. The summed E-state index contributed by atoms with van der Waals surface area (Å²) >= 11 is 0. The van der Waals surface area contributed by atoms with Crippen molar-refractivity contribution < 1.29 is 9.37 Å². The number of likely N-dealkylation sites (tertiary alicyclic amines) is 1. The van der Waals surface area contributed by atoms with Gasteiger partial charge in [0.25, 0.3) is 0 Å². The van der Waals surface area contributed by atoms with Crippen molar-refractivity contribution in [3.63, 3.8) is 0 Å². The normalized spacial score (nSPS) is 19.0. The highest BCUT2D eigenvalue weighted by atomic mass is 16.6. The molecular weight excluding hydrogens is 340 g/mol. The smallest absolute Gasteiger partial charge is 0.129 e. The summed E-state index contributed by atoms with van der Waals surface area (Å²) < 4.78 is 13.6. The van der Waals surface area contributed by atoms with Crippen LogP contribution in [0.15, 0.2) is 35.1 Å². The number of ether oxygens (including phenoxy) is 1. The first-order chi connectivity index (χ1) is 13.3. The highest BCUT2D eigenvalue weighted by Gasteiger charge is 2.24. The van der Waals surface area contributed by atoms with Crippen molar-refractivity contribution in [1.29, 1.82) is 0 Å². The zero-order valence-corrected chi connectivity index (χ0v) is 15.8. The van der Waals surface area contributed by atoms with Crippen LogP contribution in [0.5, 0.6) is 5.75 Å². The third kappa shape index (κ3) is 3.58. The Morgan fingerprint density at radius 3 is 2.70 bits per heavy atom. The molecule has 5 rings (SSSR count). The van der Waals surface area contributed by atoms with Gasteiger partial charge < -0.3 is 9.30 Å². The molecule has 27 heavy (non-hydrogen) atoms. The fourth-order valence-corrected chi connectivity index (χ4v) is 4.01. The first-order valence-electron chi connectivity index (χ1n) is 10.0. The Morgan fingerprint density at radius 1 is 1.11 bits per heavy atom. The standard InChI is InChI=1S/C21H26N4O2/c1-15-19(23-27-22-15)14-24-10-7-17(8-11-24)26-21-4-2-3-20-18(21)9-12-25(20)13-16-5-6-16/h2-4,9,12,16-17H,5-8,10-11,13-14H2,1H3. The highest BCUT2D eigenvalue weighted by molar-refractivity contribution is 5.86. The van der Waals surface area contributed by atoms with Gasteiger partial charge in [-0.15, -0.1) is 0 Å². The molecule has 3 aromatic rings. The SMILES string of the molecule is Cc1nonc1CN1CCC(Oc2cccc3c2ccn3CC2CC2)CC1. The summed E-state index contributed by atoms with van der Waals surface area (Å²) in [5, 5.41) is 9.10. The van der Waals surface area contributed by atoms with Gasteiger partial charge in [0.15, 0.2) is 0 Å². The van der Waals surface area contributed by atoms with Gasteiger partial charge >= 0.3 is 0 Å². The lowest BCUT2D eigenvalue weighted by Gasteiger charge is -2.31. The Morgan fingerprint density at radius 2 is 1.96 bits per heavy atom. The lowest BCUT2D eigenvalue weighted by Crippen LogP contribution is -2.38. The van der Waals surface area contributed by atoms with E-state index in [2.05, 4.69) is 50.2 Å². The van der Waals surface area contributed by atoms with Gasteiger partial charge in [-0.1, -0.05) is 16.4 Å². The second kappa shape index (κ2) is 7.00. The zero-order chi connectivity index (χ0) is 18.2. The van der Waals surface area contributed by atoms with Gasteiger partial charge in [0.2, 0.25) is 0 Å². The molecule has 1 aliphatic carbocycles. The molecule has 142 valence electrons. The summed E-state index contributed by atoms with van der Waals surface area (Å²) in [6.45, 7) is 5.91. The summed E-state index contributed by atoms with van der Waals surface area (Å²) in [6, 6.07) is 8.65. The molecule has 6 nitrogen and oxygen atoms in total. The van der Waals surface area contributed by atoms with E-state index in [9.17, 15) is 0 Å². The van der Waals surface area contributed by atoms with Crippen LogP contribution in [0.1, 0.15) is 37.1 Å². The molecule has 0 amide bonds. The Bertz CT molecular complexity index is 919. The van der Waals surface area contributed by atoms with Crippen molar-refractivity contribution in [3.05, 3.63) is 41.9 Å². The van der Waals surface area contributed by atoms with Crippen LogP contribution >= 0.6 is 0 Å². The van der Waals surface area contributed by atoms with E-state index in [0.717, 1.165) is 62.1 Å². The van der Waals surface area contributed by atoms with E-state index < -0.39 is 0 Å². The number of hydrogen-bond donors (Lipinski definition) is 0. The van der Waals surface area contributed by atoms with E-state index in [1.165, 1.54) is 23.7 Å². The number of rotatable bonds is 6. The van der Waals surface area contributed by atoms with E-state index in [1.54, 1.807) is 0 Å². The summed E-state index contributed by atoms with van der Waals surface area (Å²) in [4.78, 5) is 2.40. The molecule has 1 aliphatic heterocycles. The minimum atomic E-state index is 0.273.